The Morgan fingerprint density at radius 2 is 1.88 bits per heavy atom. The van der Waals surface area contributed by atoms with Crippen LogP contribution < -0.4 is 0 Å². The molecule has 6 nitrogen and oxygen atoms in total. The van der Waals surface area contributed by atoms with Crippen LogP contribution in [0.1, 0.15) is 26.8 Å². The second-order valence-electron chi connectivity index (χ2n) is 6.14. The normalized spacial score (nSPS) is 13.0. The van der Waals surface area contributed by atoms with Crippen molar-refractivity contribution in [3.63, 3.8) is 0 Å². The van der Waals surface area contributed by atoms with Gasteiger partial charge in [0.05, 0.1) is 6.54 Å². The van der Waals surface area contributed by atoms with Crippen LogP contribution in [0.2, 0.25) is 0 Å². The molecule has 0 fully saturated rings. The van der Waals surface area contributed by atoms with E-state index < -0.39 is 37.1 Å². The lowest BCUT2D eigenvalue weighted by Gasteiger charge is -2.28. The minimum atomic E-state index is -4.48. The number of hydrogen-bond acceptors (Lipinski definition) is 3. The minimum absolute atomic E-state index is 0.0188. The Bertz CT molecular complexity index is 543. The molecule has 0 N–H and O–H groups in total. The first-order chi connectivity index (χ1) is 11.0. The van der Waals surface area contributed by atoms with E-state index in [0.29, 0.717) is 0 Å². The minimum Gasteiger partial charge on any atom is -0.335 e. The molecule has 0 saturated heterocycles. The lowest BCUT2D eigenvalue weighted by atomic mass is 10.2. The van der Waals surface area contributed by atoms with Crippen molar-refractivity contribution >= 4 is 11.8 Å². The predicted molar refractivity (Wildman–Crippen MR) is 82.0 cm³/mol. The van der Waals surface area contributed by atoms with E-state index >= 15 is 0 Å². The molecule has 9 heteroatoms. The van der Waals surface area contributed by atoms with Crippen molar-refractivity contribution in [2.45, 2.75) is 33.0 Å². The van der Waals surface area contributed by atoms with Crippen LogP contribution in [0.3, 0.4) is 0 Å². The molecule has 24 heavy (non-hydrogen) atoms. The van der Waals surface area contributed by atoms with E-state index in [2.05, 4.69) is 5.10 Å². The lowest BCUT2D eigenvalue weighted by molar-refractivity contribution is -0.163. The van der Waals surface area contributed by atoms with Gasteiger partial charge in [-0.1, -0.05) is 13.8 Å². The van der Waals surface area contributed by atoms with Crippen LogP contribution in [0, 0.1) is 5.92 Å². The fourth-order valence-electron chi connectivity index (χ4n) is 2.23. The second-order valence-corrected chi connectivity index (χ2v) is 6.14. The van der Waals surface area contributed by atoms with Crippen molar-refractivity contribution in [3.8, 4) is 0 Å². The smallest absolute Gasteiger partial charge is 0.335 e. The van der Waals surface area contributed by atoms with Crippen molar-refractivity contribution < 1.29 is 22.8 Å². The Balaban J connectivity index is 2.72. The summed E-state index contributed by atoms with van der Waals surface area (Å²) in [4.78, 5) is 26.3. The summed E-state index contributed by atoms with van der Waals surface area (Å²) >= 11 is 0. The van der Waals surface area contributed by atoms with E-state index in [0.717, 1.165) is 9.80 Å². The van der Waals surface area contributed by atoms with Crippen molar-refractivity contribution in [1.29, 1.82) is 0 Å². The molecule has 1 unspecified atom stereocenters. The van der Waals surface area contributed by atoms with Crippen molar-refractivity contribution in [3.05, 3.63) is 18.5 Å². The molecule has 0 saturated carbocycles. The number of rotatable bonds is 7. The molecule has 1 heterocycles. The Morgan fingerprint density at radius 1 is 1.25 bits per heavy atom. The summed E-state index contributed by atoms with van der Waals surface area (Å²) in [6, 6.07) is 1.02. The predicted octanol–water partition coefficient (Wildman–Crippen LogP) is 1.95. The number of amides is 2. The van der Waals surface area contributed by atoms with Gasteiger partial charge in [-0.2, -0.15) is 18.3 Å². The van der Waals surface area contributed by atoms with Gasteiger partial charge in [0.2, 0.25) is 11.8 Å². The highest BCUT2D eigenvalue weighted by atomic mass is 19.4. The average molecular weight is 348 g/mol. The number of aromatic nitrogens is 2. The summed E-state index contributed by atoms with van der Waals surface area (Å²) in [5.41, 5.74) is 0. The molecule has 1 aromatic rings. The second kappa shape index (κ2) is 8.16. The monoisotopic (exact) mass is 348 g/mol. The maximum Gasteiger partial charge on any atom is 0.406 e. The molecule has 136 valence electrons. The van der Waals surface area contributed by atoms with Gasteiger partial charge in [0.1, 0.15) is 12.6 Å². The SMILES string of the molecule is CC(C)CN(CC(F)(F)F)C(=O)CN(C)C(=O)C(C)n1cccn1. The topological polar surface area (TPSA) is 58.4 Å². The van der Waals surface area contributed by atoms with Gasteiger partial charge < -0.3 is 9.80 Å². The average Bonchev–Trinajstić information content (AvgIpc) is 2.96. The number of hydrogen-bond donors (Lipinski definition) is 0. The molecule has 1 rings (SSSR count). The zero-order chi connectivity index (χ0) is 18.5. The maximum atomic E-state index is 12.6. The van der Waals surface area contributed by atoms with Gasteiger partial charge in [-0.05, 0) is 18.9 Å². The molecular formula is C15H23F3N4O2. The molecule has 2 amide bonds. The zero-order valence-corrected chi connectivity index (χ0v) is 14.2. The summed E-state index contributed by atoms with van der Waals surface area (Å²) in [5.74, 6) is -1.24. The Morgan fingerprint density at radius 3 is 2.33 bits per heavy atom. The summed E-state index contributed by atoms with van der Waals surface area (Å²) in [5, 5.41) is 3.95. The maximum absolute atomic E-state index is 12.6. The zero-order valence-electron chi connectivity index (χ0n) is 14.2. The van der Waals surface area contributed by atoms with E-state index in [1.165, 1.54) is 17.9 Å². The summed E-state index contributed by atoms with van der Waals surface area (Å²) in [6.07, 6.45) is -1.36. The van der Waals surface area contributed by atoms with Gasteiger partial charge in [0.15, 0.2) is 0 Å². The largest absolute Gasteiger partial charge is 0.406 e. The summed E-state index contributed by atoms with van der Waals surface area (Å²) in [6.45, 7) is 3.32. The quantitative estimate of drug-likeness (QED) is 0.757. The van der Waals surface area contributed by atoms with Gasteiger partial charge in [-0.15, -0.1) is 0 Å². The molecule has 0 aliphatic carbocycles. The van der Waals surface area contributed by atoms with Gasteiger partial charge >= 0.3 is 6.18 Å². The van der Waals surface area contributed by atoms with Crippen LogP contribution in [-0.4, -0.2) is 64.3 Å². The van der Waals surface area contributed by atoms with Crippen LogP contribution in [0.4, 0.5) is 13.2 Å². The number of alkyl halides is 3. The first-order valence-corrected chi connectivity index (χ1v) is 7.60. The van der Waals surface area contributed by atoms with Crippen LogP contribution in [0.5, 0.6) is 0 Å². The molecule has 1 aromatic heterocycles. The van der Waals surface area contributed by atoms with Crippen molar-refractivity contribution in [1.82, 2.24) is 19.6 Å². The van der Waals surface area contributed by atoms with E-state index in [-0.39, 0.29) is 12.5 Å². The van der Waals surface area contributed by atoms with E-state index in [1.54, 1.807) is 33.0 Å². The summed E-state index contributed by atoms with van der Waals surface area (Å²) < 4.78 is 39.3. The van der Waals surface area contributed by atoms with Gasteiger partial charge in [0, 0.05) is 26.0 Å². The number of halogens is 3. The molecular weight excluding hydrogens is 325 g/mol. The molecule has 0 aliphatic heterocycles. The lowest BCUT2D eigenvalue weighted by Crippen LogP contribution is -2.47. The van der Waals surface area contributed by atoms with Gasteiger partial charge in [-0.25, -0.2) is 0 Å². The van der Waals surface area contributed by atoms with Crippen molar-refractivity contribution in [2.24, 2.45) is 5.92 Å². The highest BCUT2D eigenvalue weighted by molar-refractivity contribution is 5.86. The molecule has 0 aliphatic rings. The first-order valence-electron chi connectivity index (χ1n) is 7.60. The standard InChI is InChI=1S/C15H23F3N4O2/c1-11(2)8-21(10-15(16,17)18)13(23)9-20(4)14(24)12(3)22-7-5-6-19-22/h5-7,11-12H,8-10H2,1-4H3. The molecule has 0 spiro atoms. The summed E-state index contributed by atoms with van der Waals surface area (Å²) in [7, 11) is 1.39. The fourth-order valence-corrected chi connectivity index (χ4v) is 2.23. The van der Waals surface area contributed by atoms with Crippen LogP contribution >= 0.6 is 0 Å². The molecule has 0 aromatic carbocycles. The van der Waals surface area contributed by atoms with Crippen LogP contribution in [0.25, 0.3) is 0 Å². The highest BCUT2D eigenvalue weighted by Crippen LogP contribution is 2.18. The van der Waals surface area contributed by atoms with Crippen LogP contribution in [0.15, 0.2) is 18.5 Å². The number of carbonyl (C=O) groups excluding carboxylic acids is 2. The highest BCUT2D eigenvalue weighted by Gasteiger charge is 2.34. The molecule has 1 atom stereocenters. The number of likely N-dealkylation sites (N-methyl/N-ethyl adjacent to an activating group) is 1. The molecule has 0 radical (unpaired) electrons. The Hall–Kier alpha value is -2.06. The third-order valence-electron chi connectivity index (χ3n) is 3.34. The third kappa shape index (κ3) is 6.21. The van der Waals surface area contributed by atoms with E-state index in [1.807, 2.05) is 0 Å². The first kappa shape index (κ1) is 20.0. The fraction of sp³-hybridized carbons (Fsp3) is 0.667. The van der Waals surface area contributed by atoms with E-state index in [9.17, 15) is 22.8 Å². The third-order valence-corrected chi connectivity index (χ3v) is 3.34. The number of carbonyl (C=O) groups is 2. The van der Waals surface area contributed by atoms with Gasteiger partial charge in [-0.3, -0.25) is 14.3 Å². The van der Waals surface area contributed by atoms with Crippen molar-refractivity contribution in [2.75, 3.05) is 26.7 Å². The number of nitrogens with zero attached hydrogens (tertiary/aromatic N) is 4. The Kier molecular flexibility index (Phi) is 6.80. The van der Waals surface area contributed by atoms with E-state index in [4.69, 9.17) is 0 Å². The van der Waals surface area contributed by atoms with Gasteiger partial charge in [0.25, 0.3) is 0 Å². The molecule has 0 bridgehead atoms. The Labute approximate surface area is 139 Å². The van der Waals surface area contributed by atoms with Crippen LogP contribution in [-0.2, 0) is 9.59 Å².